The maximum atomic E-state index is 12.6. The van der Waals surface area contributed by atoms with E-state index in [4.69, 9.17) is 0 Å². The molecule has 2 aromatic rings. The topological polar surface area (TPSA) is 64.3 Å². The fraction of sp³-hybridized carbons (Fsp3) is 0.500. The van der Waals surface area contributed by atoms with Crippen molar-refractivity contribution in [2.75, 3.05) is 33.2 Å². The van der Waals surface area contributed by atoms with Gasteiger partial charge in [-0.2, -0.15) is 5.10 Å². The summed E-state index contributed by atoms with van der Waals surface area (Å²) < 4.78 is 0. The number of nitrogens with one attached hydrogen (secondary N) is 2. The molecule has 0 spiro atoms. The molecule has 0 aliphatic carbocycles. The number of aromatic nitrogens is 2. The van der Waals surface area contributed by atoms with Gasteiger partial charge in [0, 0.05) is 49.5 Å². The van der Waals surface area contributed by atoms with Crippen molar-refractivity contribution in [2.45, 2.75) is 33.4 Å². The van der Waals surface area contributed by atoms with Crippen molar-refractivity contribution in [3.05, 3.63) is 52.3 Å². The van der Waals surface area contributed by atoms with Gasteiger partial charge in [-0.1, -0.05) is 12.1 Å². The van der Waals surface area contributed by atoms with Crippen LogP contribution in [0.1, 0.15) is 45.8 Å². The van der Waals surface area contributed by atoms with E-state index in [1.807, 2.05) is 32.9 Å². The molecule has 26 heavy (non-hydrogen) atoms. The number of aryl methyl sites for hydroxylation is 2. The summed E-state index contributed by atoms with van der Waals surface area (Å²) >= 11 is 0. The number of hydrogen-bond donors (Lipinski definition) is 2. The lowest BCUT2D eigenvalue weighted by atomic mass is 10.1. The Labute approximate surface area is 155 Å². The molecule has 2 heterocycles. The zero-order valence-electron chi connectivity index (χ0n) is 16.2. The Morgan fingerprint density at radius 3 is 2.42 bits per heavy atom. The number of carbonyl (C=O) groups is 1. The van der Waals surface area contributed by atoms with Gasteiger partial charge in [-0.05, 0) is 45.5 Å². The third-order valence-electron chi connectivity index (χ3n) is 5.18. The van der Waals surface area contributed by atoms with E-state index in [1.54, 1.807) is 0 Å². The lowest BCUT2D eigenvalue weighted by molar-refractivity contribution is 0.0939. The molecule has 1 amide bonds. The van der Waals surface area contributed by atoms with Crippen molar-refractivity contribution in [2.24, 2.45) is 0 Å². The summed E-state index contributed by atoms with van der Waals surface area (Å²) in [4.78, 5) is 17.4. The molecule has 1 atom stereocenters. The summed E-state index contributed by atoms with van der Waals surface area (Å²) in [6, 6.07) is 7.88. The summed E-state index contributed by atoms with van der Waals surface area (Å²) in [5.41, 5.74) is 4.93. The predicted octanol–water partition coefficient (Wildman–Crippen LogP) is 2.26. The number of rotatable bonds is 5. The first kappa shape index (κ1) is 18.6. The molecule has 140 valence electrons. The van der Waals surface area contributed by atoms with Gasteiger partial charge in [-0.3, -0.25) is 14.8 Å². The second-order valence-corrected chi connectivity index (χ2v) is 7.32. The first-order valence-electron chi connectivity index (χ1n) is 9.26. The standard InChI is InChI=1S/C20H29N5O/c1-14(19-15(2)22-23-16(19)3)21-20(26)18-7-5-17(6-8-18)13-25-11-9-24(4)10-12-25/h5-8,14H,9-13H2,1-4H3,(H,21,26)(H,22,23). The molecule has 0 radical (unpaired) electrons. The van der Waals surface area contributed by atoms with Crippen LogP contribution >= 0.6 is 0 Å². The average molecular weight is 355 g/mol. The van der Waals surface area contributed by atoms with Crippen molar-refractivity contribution in [3.8, 4) is 0 Å². The largest absolute Gasteiger partial charge is 0.345 e. The SMILES string of the molecule is Cc1n[nH]c(C)c1C(C)NC(=O)c1ccc(CN2CCN(C)CC2)cc1. The maximum Gasteiger partial charge on any atom is 0.251 e. The summed E-state index contributed by atoms with van der Waals surface area (Å²) in [5, 5.41) is 10.2. The molecule has 1 unspecified atom stereocenters. The van der Waals surface area contributed by atoms with Crippen molar-refractivity contribution in [3.63, 3.8) is 0 Å². The monoisotopic (exact) mass is 355 g/mol. The van der Waals surface area contributed by atoms with Gasteiger partial charge < -0.3 is 10.2 Å². The normalized spacial score (nSPS) is 17.2. The quantitative estimate of drug-likeness (QED) is 0.864. The van der Waals surface area contributed by atoms with Gasteiger partial charge in [0.1, 0.15) is 0 Å². The van der Waals surface area contributed by atoms with E-state index in [0.717, 1.165) is 49.7 Å². The van der Waals surface area contributed by atoms with Crippen molar-refractivity contribution >= 4 is 5.91 Å². The fourth-order valence-corrected chi connectivity index (χ4v) is 3.58. The van der Waals surface area contributed by atoms with E-state index < -0.39 is 0 Å². The highest BCUT2D eigenvalue weighted by atomic mass is 16.1. The zero-order valence-corrected chi connectivity index (χ0v) is 16.2. The second kappa shape index (κ2) is 8.01. The van der Waals surface area contributed by atoms with Crippen molar-refractivity contribution in [1.82, 2.24) is 25.3 Å². The lowest BCUT2D eigenvalue weighted by Gasteiger charge is -2.32. The molecule has 1 aromatic heterocycles. The van der Waals surface area contributed by atoms with E-state index >= 15 is 0 Å². The minimum absolute atomic E-state index is 0.0522. The Bertz CT molecular complexity index is 725. The molecule has 1 aliphatic rings. The molecule has 1 aliphatic heterocycles. The van der Waals surface area contributed by atoms with Crippen LogP contribution in [0.2, 0.25) is 0 Å². The number of carbonyl (C=O) groups excluding carboxylic acids is 1. The van der Waals surface area contributed by atoms with Crippen LogP contribution in [-0.4, -0.2) is 59.1 Å². The third-order valence-corrected chi connectivity index (χ3v) is 5.18. The molecule has 1 saturated heterocycles. The van der Waals surface area contributed by atoms with Gasteiger partial charge in [0.15, 0.2) is 0 Å². The van der Waals surface area contributed by atoms with Crippen molar-refractivity contribution < 1.29 is 4.79 Å². The van der Waals surface area contributed by atoms with Gasteiger partial charge in [0.25, 0.3) is 5.91 Å². The highest BCUT2D eigenvalue weighted by Gasteiger charge is 2.18. The minimum atomic E-state index is -0.0775. The number of likely N-dealkylation sites (N-methyl/N-ethyl adjacent to an activating group) is 1. The van der Waals surface area contributed by atoms with Gasteiger partial charge in [-0.15, -0.1) is 0 Å². The number of hydrogen-bond acceptors (Lipinski definition) is 4. The highest BCUT2D eigenvalue weighted by Crippen LogP contribution is 2.19. The van der Waals surface area contributed by atoms with Crippen LogP contribution < -0.4 is 5.32 Å². The Morgan fingerprint density at radius 1 is 1.19 bits per heavy atom. The molecule has 0 bridgehead atoms. The van der Waals surface area contributed by atoms with Crippen LogP contribution in [0.15, 0.2) is 24.3 Å². The highest BCUT2D eigenvalue weighted by molar-refractivity contribution is 5.94. The Kier molecular flexibility index (Phi) is 5.74. The van der Waals surface area contributed by atoms with Crippen molar-refractivity contribution in [1.29, 1.82) is 0 Å². The molecule has 2 N–H and O–H groups in total. The van der Waals surface area contributed by atoms with Gasteiger partial charge in [0.05, 0.1) is 11.7 Å². The molecular formula is C20H29N5O. The van der Waals surface area contributed by atoms with E-state index in [1.165, 1.54) is 5.56 Å². The van der Waals surface area contributed by atoms with E-state index in [-0.39, 0.29) is 11.9 Å². The van der Waals surface area contributed by atoms with Crippen LogP contribution in [-0.2, 0) is 6.54 Å². The number of piperazine rings is 1. The zero-order chi connectivity index (χ0) is 18.7. The Balaban J connectivity index is 1.58. The first-order chi connectivity index (χ1) is 12.4. The van der Waals surface area contributed by atoms with Gasteiger partial charge >= 0.3 is 0 Å². The van der Waals surface area contributed by atoms with Crippen LogP contribution in [0.5, 0.6) is 0 Å². The molecule has 6 heteroatoms. The molecule has 0 saturated carbocycles. The molecule has 1 aromatic carbocycles. The Hall–Kier alpha value is -2.18. The molecule has 3 rings (SSSR count). The lowest BCUT2D eigenvalue weighted by Crippen LogP contribution is -2.43. The van der Waals surface area contributed by atoms with Gasteiger partial charge in [-0.25, -0.2) is 0 Å². The number of nitrogens with zero attached hydrogens (tertiary/aromatic N) is 3. The van der Waals surface area contributed by atoms with E-state index in [2.05, 4.69) is 44.5 Å². The Morgan fingerprint density at radius 2 is 1.85 bits per heavy atom. The number of aromatic amines is 1. The van der Waals surface area contributed by atoms with E-state index in [0.29, 0.717) is 5.56 Å². The molecule has 6 nitrogen and oxygen atoms in total. The first-order valence-corrected chi connectivity index (χ1v) is 9.26. The maximum absolute atomic E-state index is 12.6. The summed E-state index contributed by atoms with van der Waals surface area (Å²) in [7, 11) is 2.16. The summed E-state index contributed by atoms with van der Waals surface area (Å²) in [6.45, 7) is 11.3. The summed E-state index contributed by atoms with van der Waals surface area (Å²) in [5.74, 6) is -0.0522. The smallest absolute Gasteiger partial charge is 0.251 e. The fourth-order valence-electron chi connectivity index (χ4n) is 3.58. The number of benzene rings is 1. The van der Waals surface area contributed by atoms with Crippen LogP contribution in [0.25, 0.3) is 0 Å². The number of H-pyrrole nitrogens is 1. The van der Waals surface area contributed by atoms with Crippen LogP contribution in [0.4, 0.5) is 0 Å². The second-order valence-electron chi connectivity index (χ2n) is 7.32. The van der Waals surface area contributed by atoms with Gasteiger partial charge in [0.2, 0.25) is 0 Å². The molecular weight excluding hydrogens is 326 g/mol. The van der Waals surface area contributed by atoms with E-state index in [9.17, 15) is 4.79 Å². The molecule has 1 fully saturated rings. The average Bonchev–Trinajstić information content (AvgIpc) is 2.96. The minimum Gasteiger partial charge on any atom is -0.345 e. The number of amides is 1. The predicted molar refractivity (Wildman–Crippen MR) is 103 cm³/mol. The summed E-state index contributed by atoms with van der Waals surface area (Å²) in [6.07, 6.45) is 0. The van der Waals surface area contributed by atoms with Crippen LogP contribution in [0, 0.1) is 13.8 Å². The van der Waals surface area contributed by atoms with Crippen LogP contribution in [0.3, 0.4) is 0 Å². The third kappa shape index (κ3) is 4.31.